The molecule has 0 amide bonds. The smallest absolute Gasteiger partial charge is 0.148 e. The molecular weight excluding hydrogens is 601 g/mol. The lowest BCUT2D eigenvalue weighted by molar-refractivity contribution is 0.0463. The van der Waals surface area contributed by atoms with Crippen molar-refractivity contribution in [1.29, 1.82) is 0 Å². The van der Waals surface area contributed by atoms with Crippen molar-refractivity contribution < 1.29 is 29.9 Å². The Kier molecular flexibility index (Phi) is 21.6. The first kappa shape index (κ1) is 38.6. The normalized spacial score (nSPS) is 14.2. The van der Waals surface area contributed by atoms with E-state index in [0.29, 0.717) is 13.1 Å². The van der Waals surface area contributed by atoms with Crippen molar-refractivity contribution in [2.24, 2.45) is 0 Å². The fraction of sp³-hybridized carbons (Fsp3) is 0.625. The highest BCUT2D eigenvalue weighted by atomic mass is 33.1. The Morgan fingerprint density at radius 1 is 0.545 bits per heavy atom. The number of hydrogen-bond acceptors (Lipinski definition) is 12. The number of aliphatic hydroxyl groups excluding tert-OH is 4. The highest BCUT2D eigenvalue weighted by molar-refractivity contribution is 8.77. The van der Waals surface area contributed by atoms with Crippen molar-refractivity contribution >= 4 is 21.6 Å². The van der Waals surface area contributed by atoms with Crippen LogP contribution in [0.15, 0.2) is 48.5 Å². The van der Waals surface area contributed by atoms with E-state index in [4.69, 9.17) is 9.47 Å². The largest absolute Gasteiger partial charge is 0.496 e. The monoisotopic (exact) mass is 654 g/mol. The molecule has 0 aliphatic carbocycles. The first-order chi connectivity index (χ1) is 21.5. The van der Waals surface area contributed by atoms with E-state index in [1.54, 1.807) is 14.2 Å². The molecule has 2 aromatic rings. The van der Waals surface area contributed by atoms with Crippen LogP contribution in [-0.4, -0.2) is 84.2 Å². The number of nitrogens with one attached hydrogen (secondary N) is 4. The maximum atomic E-state index is 10.2. The lowest BCUT2D eigenvalue weighted by Crippen LogP contribution is -2.40. The predicted molar refractivity (Wildman–Crippen MR) is 182 cm³/mol. The topological polar surface area (TPSA) is 148 Å². The number of rotatable bonds is 27. The van der Waals surface area contributed by atoms with Crippen LogP contribution in [0.3, 0.4) is 0 Å². The van der Waals surface area contributed by atoms with Crippen LogP contribution in [0.25, 0.3) is 0 Å². The SMILES string of the molecule is COc1ccccc1CNCCCCCCNC(O)C(O)SSC(O)C(O)NCCCCCCNCc1ccccc1OC. The van der Waals surface area contributed by atoms with Crippen LogP contribution in [0.4, 0.5) is 0 Å². The van der Waals surface area contributed by atoms with Gasteiger partial charge in [-0.1, -0.05) is 83.7 Å². The molecule has 0 saturated heterocycles. The summed E-state index contributed by atoms with van der Waals surface area (Å²) in [6, 6.07) is 16.0. The van der Waals surface area contributed by atoms with Crippen LogP contribution in [0.2, 0.25) is 0 Å². The fourth-order valence-electron chi connectivity index (χ4n) is 4.52. The summed E-state index contributed by atoms with van der Waals surface area (Å²) < 4.78 is 10.7. The molecule has 0 radical (unpaired) electrons. The Hall–Kier alpha value is -1.58. The van der Waals surface area contributed by atoms with E-state index in [0.717, 1.165) is 122 Å². The summed E-state index contributed by atoms with van der Waals surface area (Å²) in [5, 5.41) is 53.5. The standard InChI is InChI=1S/C32H54N4O6S2/c1-41-27-17-9-7-15-25(27)23-33-19-11-3-5-13-21-35-29(37)31(39)43-44-32(40)30(38)36-22-14-6-4-12-20-34-24-26-16-8-10-18-28(26)42-2/h7-10,15-18,29-40H,3-6,11-14,19-24H2,1-2H3. The van der Waals surface area contributed by atoms with Gasteiger partial charge in [-0.05, 0) is 64.0 Å². The number of methoxy groups -OCH3 is 2. The third kappa shape index (κ3) is 16.6. The van der Waals surface area contributed by atoms with Gasteiger partial charge in [-0.2, -0.15) is 0 Å². The molecular formula is C32H54N4O6S2. The second-order valence-corrected chi connectivity index (χ2v) is 13.1. The summed E-state index contributed by atoms with van der Waals surface area (Å²) in [4.78, 5) is 0. The third-order valence-corrected chi connectivity index (χ3v) is 9.61. The van der Waals surface area contributed by atoms with Gasteiger partial charge in [-0.15, -0.1) is 0 Å². The lowest BCUT2D eigenvalue weighted by Gasteiger charge is -2.22. The van der Waals surface area contributed by atoms with E-state index in [9.17, 15) is 20.4 Å². The predicted octanol–water partition coefficient (Wildman–Crippen LogP) is 3.54. The van der Waals surface area contributed by atoms with Gasteiger partial charge in [-0.25, -0.2) is 0 Å². The average molecular weight is 655 g/mol. The third-order valence-electron chi connectivity index (χ3n) is 7.08. The highest BCUT2D eigenvalue weighted by Crippen LogP contribution is 2.31. The Bertz CT molecular complexity index is 918. The molecule has 10 nitrogen and oxygen atoms in total. The highest BCUT2D eigenvalue weighted by Gasteiger charge is 2.22. The minimum Gasteiger partial charge on any atom is -0.496 e. The Balaban J connectivity index is 1.39. The molecule has 8 N–H and O–H groups in total. The number of benzene rings is 2. The van der Waals surface area contributed by atoms with Crippen molar-refractivity contribution in [3.63, 3.8) is 0 Å². The number of aliphatic hydroxyl groups is 4. The average Bonchev–Trinajstić information content (AvgIpc) is 3.05. The van der Waals surface area contributed by atoms with Gasteiger partial charge >= 0.3 is 0 Å². The van der Waals surface area contributed by atoms with Crippen LogP contribution in [0, 0.1) is 0 Å². The molecule has 0 aliphatic rings. The molecule has 2 aromatic carbocycles. The van der Waals surface area contributed by atoms with Gasteiger partial charge in [0.1, 0.15) is 34.8 Å². The van der Waals surface area contributed by atoms with E-state index in [1.807, 2.05) is 36.4 Å². The fourth-order valence-corrected chi connectivity index (χ4v) is 6.47. The molecule has 12 heteroatoms. The number of unbranched alkanes of at least 4 members (excludes halogenated alkanes) is 6. The molecule has 4 unspecified atom stereocenters. The molecule has 0 spiro atoms. The molecule has 44 heavy (non-hydrogen) atoms. The number of ether oxygens (including phenoxy) is 2. The molecule has 250 valence electrons. The van der Waals surface area contributed by atoms with Gasteiger partial charge in [0.15, 0.2) is 0 Å². The molecule has 0 aliphatic heterocycles. The second kappa shape index (κ2) is 24.6. The van der Waals surface area contributed by atoms with Gasteiger partial charge < -0.3 is 40.5 Å². The van der Waals surface area contributed by atoms with Crippen LogP contribution in [-0.2, 0) is 13.1 Å². The van der Waals surface area contributed by atoms with Crippen molar-refractivity contribution in [1.82, 2.24) is 21.3 Å². The van der Waals surface area contributed by atoms with Crippen LogP contribution in [0.5, 0.6) is 11.5 Å². The molecule has 0 saturated carbocycles. The van der Waals surface area contributed by atoms with Gasteiger partial charge in [0.05, 0.1) is 14.2 Å². The minimum atomic E-state index is -1.13. The Morgan fingerprint density at radius 2 is 0.909 bits per heavy atom. The molecule has 0 bridgehead atoms. The summed E-state index contributed by atoms with van der Waals surface area (Å²) in [6.45, 7) is 4.57. The molecule has 4 atom stereocenters. The molecule has 0 heterocycles. The van der Waals surface area contributed by atoms with E-state index < -0.39 is 23.3 Å². The Morgan fingerprint density at radius 3 is 1.30 bits per heavy atom. The van der Waals surface area contributed by atoms with E-state index >= 15 is 0 Å². The maximum absolute atomic E-state index is 10.2. The maximum Gasteiger partial charge on any atom is 0.148 e. The molecule has 0 fully saturated rings. The Labute approximate surface area is 271 Å². The number of hydrogen-bond donors (Lipinski definition) is 8. The molecule has 2 rings (SSSR count). The first-order valence-electron chi connectivity index (χ1n) is 15.6. The van der Waals surface area contributed by atoms with Gasteiger partial charge in [0, 0.05) is 24.2 Å². The van der Waals surface area contributed by atoms with Crippen LogP contribution < -0.4 is 30.7 Å². The lowest BCUT2D eigenvalue weighted by atomic mass is 10.1. The van der Waals surface area contributed by atoms with Crippen molar-refractivity contribution in [3.05, 3.63) is 59.7 Å². The number of para-hydroxylation sites is 2. The summed E-state index contributed by atoms with van der Waals surface area (Å²) >= 11 is 0. The zero-order chi connectivity index (χ0) is 31.8. The van der Waals surface area contributed by atoms with Crippen molar-refractivity contribution in [2.45, 2.75) is 87.8 Å². The van der Waals surface area contributed by atoms with E-state index in [1.165, 1.54) is 0 Å². The van der Waals surface area contributed by atoms with Crippen LogP contribution in [0.1, 0.15) is 62.5 Å². The van der Waals surface area contributed by atoms with Gasteiger partial charge in [0.2, 0.25) is 0 Å². The quantitative estimate of drug-likeness (QED) is 0.0405. The summed E-state index contributed by atoms with van der Waals surface area (Å²) in [5.41, 5.74) is 0.0390. The van der Waals surface area contributed by atoms with Crippen molar-refractivity contribution in [3.8, 4) is 11.5 Å². The van der Waals surface area contributed by atoms with Gasteiger partial charge in [-0.3, -0.25) is 10.6 Å². The molecule has 0 aromatic heterocycles. The van der Waals surface area contributed by atoms with E-state index in [2.05, 4.69) is 33.4 Å². The van der Waals surface area contributed by atoms with Crippen molar-refractivity contribution in [2.75, 3.05) is 40.4 Å². The second-order valence-electron chi connectivity index (χ2n) is 10.6. The zero-order valence-electron chi connectivity index (χ0n) is 26.2. The van der Waals surface area contributed by atoms with E-state index in [-0.39, 0.29) is 0 Å². The minimum absolute atomic E-state index is 0.586. The van der Waals surface area contributed by atoms with Crippen LogP contribution >= 0.6 is 21.6 Å². The summed E-state index contributed by atoms with van der Waals surface area (Å²) in [5.74, 6) is 1.79. The summed E-state index contributed by atoms with van der Waals surface area (Å²) in [6.07, 6.45) is 5.85. The summed E-state index contributed by atoms with van der Waals surface area (Å²) in [7, 11) is 5.23. The first-order valence-corrected chi connectivity index (χ1v) is 17.9. The van der Waals surface area contributed by atoms with Gasteiger partial charge in [0.25, 0.3) is 0 Å². The zero-order valence-corrected chi connectivity index (χ0v) is 27.9.